The van der Waals surface area contributed by atoms with Crippen LogP contribution in [-0.4, -0.2) is 60.8 Å². The van der Waals surface area contributed by atoms with Crippen LogP contribution in [0.4, 0.5) is 0 Å². The van der Waals surface area contributed by atoms with Crippen LogP contribution in [-0.2, 0) is 7.05 Å². The van der Waals surface area contributed by atoms with Gasteiger partial charge in [0.25, 0.3) is 0 Å². The van der Waals surface area contributed by atoms with Gasteiger partial charge in [-0.15, -0.1) is 0 Å². The Bertz CT molecular complexity index is 1670. The van der Waals surface area contributed by atoms with Crippen molar-refractivity contribution in [3.63, 3.8) is 0 Å². The van der Waals surface area contributed by atoms with Gasteiger partial charge >= 0.3 is 0 Å². The fourth-order valence-corrected chi connectivity index (χ4v) is 4.85. The number of hydrogen-bond acceptors (Lipinski definition) is 8. The summed E-state index contributed by atoms with van der Waals surface area (Å²) in [6.07, 6.45) is 11.8. The summed E-state index contributed by atoms with van der Waals surface area (Å²) < 4.78 is 9.18. The lowest BCUT2D eigenvalue weighted by Gasteiger charge is -2.24. The van der Waals surface area contributed by atoms with E-state index in [9.17, 15) is 0 Å². The maximum atomic E-state index is 9.12. The predicted octanol–water partition coefficient (Wildman–Crippen LogP) is 4.61. The molecule has 5 aromatic rings. The number of rotatable bonds is 5. The minimum Gasteiger partial charge on any atom is -0.479 e. The van der Waals surface area contributed by atoms with Crippen LogP contribution in [0.1, 0.15) is 31.2 Å². The lowest BCUT2D eigenvalue weighted by Crippen LogP contribution is -2.30. The first-order chi connectivity index (χ1) is 19.1. The number of hydrogen-bond donors (Lipinski definition) is 0. The summed E-state index contributed by atoms with van der Waals surface area (Å²) >= 11 is 0. The quantitative estimate of drug-likeness (QED) is 0.330. The highest BCUT2D eigenvalue weighted by molar-refractivity contribution is 5.86. The fraction of sp³-hybridized carbons (Fsp3) is 0.310. The molecule has 39 heavy (non-hydrogen) atoms. The number of nitriles is 2. The van der Waals surface area contributed by atoms with Gasteiger partial charge in [-0.25, -0.2) is 15.0 Å². The topological polar surface area (TPSA) is 121 Å². The van der Waals surface area contributed by atoms with Gasteiger partial charge in [-0.05, 0) is 44.1 Å². The summed E-state index contributed by atoms with van der Waals surface area (Å²) in [6, 6.07) is 13.6. The van der Waals surface area contributed by atoms with E-state index in [1.807, 2.05) is 29.6 Å². The highest BCUT2D eigenvalue weighted by Crippen LogP contribution is 2.35. The molecule has 1 aliphatic rings. The first-order valence-corrected chi connectivity index (χ1v) is 12.9. The van der Waals surface area contributed by atoms with E-state index in [-0.39, 0.29) is 0 Å². The molecule has 0 atom stereocenters. The molecule has 0 bridgehead atoms. The number of aromatic nitrogens is 6. The molecule has 5 heterocycles. The molecule has 0 unspecified atom stereocenters. The Labute approximate surface area is 226 Å². The van der Waals surface area contributed by atoms with Crippen molar-refractivity contribution in [1.29, 1.82) is 10.5 Å². The van der Waals surface area contributed by atoms with Crippen LogP contribution in [0.25, 0.3) is 39.1 Å². The van der Waals surface area contributed by atoms with Crippen molar-refractivity contribution < 1.29 is 4.74 Å². The largest absolute Gasteiger partial charge is 0.479 e. The highest BCUT2D eigenvalue weighted by atomic mass is 16.5. The first-order valence-electron chi connectivity index (χ1n) is 12.9. The maximum absolute atomic E-state index is 9.12. The molecule has 0 radical (unpaired) electrons. The van der Waals surface area contributed by atoms with Gasteiger partial charge < -0.3 is 9.64 Å². The summed E-state index contributed by atoms with van der Waals surface area (Å²) in [4.78, 5) is 16.0. The molecule has 10 heteroatoms. The van der Waals surface area contributed by atoms with Crippen LogP contribution in [0.3, 0.4) is 0 Å². The van der Waals surface area contributed by atoms with Gasteiger partial charge in [0.15, 0.2) is 5.65 Å². The minimum atomic E-state index is 0.473. The molecule has 6 rings (SSSR count). The van der Waals surface area contributed by atoms with Crippen molar-refractivity contribution in [2.24, 2.45) is 7.05 Å². The Hall–Kier alpha value is -4.80. The van der Waals surface area contributed by atoms with Gasteiger partial charge in [-0.3, -0.25) is 9.08 Å². The van der Waals surface area contributed by atoms with Crippen molar-refractivity contribution in [2.75, 3.05) is 26.7 Å². The number of benzene rings is 1. The SMILES string of the molecule is COc1nc(-c2ccc(C#N)cc2)c(-c2cnc3c(cnn3C)c2)n2cncc12.N#CCCN1CCCCC1. The molecule has 1 aliphatic heterocycles. The molecular weight excluding hydrogens is 490 g/mol. The number of nitrogens with zero attached hydrogens (tertiary/aromatic N) is 9. The van der Waals surface area contributed by atoms with E-state index >= 15 is 0 Å². The average molecular weight is 520 g/mol. The third kappa shape index (κ3) is 5.42. The Kier molecular flexibility index (Phi) is 7.76. The molecule has 1 fully saturated rings. The molecule has 0 saturated carbocycles. The van der Waals surface area contributed by atoms with E-state index in [4.69, 9.17) is 20.2 Å². The van der Waals surface area contributed by atoms with Crippen LogP contribution < -0.4 is 4.74 Å². The smallest absolute Gasteiger partial charge is 0.240 e. The molecule has 1 aromatic carbocycles. The Balaban J connectivity index is 0.000000261. The highest BCUT2D eigenvalue weighted by Gasteiger charge is 2.19. The molecule has 10 nitrogen and oxygen atoms in total. The van der Waals surface area contributed by atoms with Crippen LogP contribution >= 0.6 is 0 Å². The van der Waals surface area contributed by atoms with Gasteiger partial charge in [-0.2, -0.15) is 15.6 Å². The standard InChI is InChI=1S/C21H15N7O.C8H14N2/c1-27-20-16(10-25-27)7-15(9-24-20)19-18(14-5-3-13(8-22)4-6-14)26-21(29-2)17-11-23-12-28(17)19;9-5-4-8-10-6-2-1-3-7-10/h3-7,9-12H,1-2H3;1-4,6-8H2. The molecule has 4 aromatic heterocycles. The molecule has 1 saturated heterocycles. The zero-order valence-electron chi connectivity index (χ0n) is 22.1. The predicted molar refractivity (Wildman–Crippen MR) is 148 cm³/mol. The number of likely N-dealkylation sites (tertiary alicyclic amines) is 1. The van der Waals surface area contributed by atoms with Gasteiger partial charge in [-0.1, -0.05) is 18.6 Å². The third-order valence-electron chi connectivity index (χ3n) is 6.85. The van der Waals surface area contributed by atoms with Crippen molar-refractivity contribution >= 4 is 16.6 Å². The molecular formula is C29H29N9O. The van der Waals surface area contributed by atoms with Crippen LogP contribution in [0.15, 0.2) is 55.2 Å². The number of fused-ring (bicyclic) bond motifs is 2. The van der Waals surface area contributed by atoms with Crippen LogP contribution in [0, 0.1) is 22.7 Å². The second kappa shape index (κ2) is 11.7. The Morgan fingerprint density at radius 3 is 2.51 bits per heavy atom. The maximum Gasteiger partial charge on any atom is 0.240 e. The van der Waals surface area contributed by atoms with Gasteiger partial charge in [0.05, 0.1) is 54.9 Å². The summed E-state index contributed by atoms with van der Waals surface area (Å²) in [5.41, 5.74) is 5.43. The van der Waals surface area contributed by atoms with E-state index in [2.05, 4.69) is 32.1 Å². The number of ether oxygens (including phenoxy) is 1. The first kappa shape index (κ1) is 25.8. The second-order valence-electron chi connectivity index (χ2n) is 9.37. The summed E-state index contributed by atoms with van der Waals surface area (Å²) in [5.74, 6) is 0.473. The Morgan fingerprint density at radius 1 is 1.00 bits per heavy atom. The van der Waals surface area contributed by atoms with Crippen molar-refractivity contribution in [1.82, 2.24) is 34.0 Å². The zero-order chi connectivity index (χ0) is 27.2. The van der Waals surface area contributed by atoms with E-state index in [0.717, 1.165) is 39.9 Å². The summed E-state index contributed by atoms with van der Waals surface area (Å²) in [5, 5.41) is 22.6. The fourth-order valence-electron chi connectivity index (χ4n) is 4.85. The van der Waals surface area contributed by atoms with E-state index in [1.165, 1.54) is 32.4 Å². The minimum absolute atomic E-state index is 0.473. The van der Waals surface area contributed by atoms with E-state index in [0.29, 0.717) is 23.6 Å². The number of pyridine rings is 1. The lowest BCUT2D eigenvalue weighted by atomic mass is 10.0. The van der Waals surface area contributed by atoms with Gasteiger partial charge in [0, 0.05) is 42.7 Å². The monoisotopic (exact) mass is 519 g/mol. The zero-order valence-corrected chi connectivity index (χ0v) is 22.1. The third-order valence-corrected chi connectivity index (χ3v) is 6.85. The van der Waals surface area contributed by atoms with Crippen LogP contribution in [0.5, 0.6) is 5.88 Å². The molecule has 0 spiro atoms. The lowest BCUT2D eigenvalue weighted by molar-refractivity contribution is 0.233. The molecule has 0 amide bonds. The summed E-state index contributed by atoms with van der Waals surface area (Å²) in [6.45, 7) is 3.40. The van der Waals surface area contributed by atoms with Gasteiger partial charge in [0.1, 0.15) is 5.52 Å². The number of piperidine rings is 1. The van der Waals surface area contributed by atoms with E-state index in [1.54, 1.807) is 48.8 Å². The normalized spacial score (nSPS) is 13.4. The summed E-state index contributed by atoms with van der Waals surface area (Å²) in [7, 11) is 3.45. The Morgan fingerprint density at radius 2 is 1.79 bits per heavy atom. The molecule has 0 aliphatic carbocycles. The number of methoxy groups -OCH3 is 1. The van der Waals surface area contributed by atoms with Crippen molar-refractivity contribution in [3.8, 4) is 40.5 Å². The number of imidazole rings is 1. The average Bonchev–Trinajstić information content (AvgIpc) is 3.63. The van der Waals surface area contributed by atoms with E-state index < -0.39 is 0 Å². The van der Waals surface area contributed by atoms with Crippen molar-refractivity contribution in [3.05, 3.63) is 60.8 Å². The van der Waals surface area contributed by atoms with Crippen molar-refractivity contribution in [2.45, 2.75) is 25.7 Å². The van der Waals surface area contributed by atoms with Gasteiger partial charge in [0.2, 0.25) is 5.88 Å². The number of aryl methyl sites for hydroxylation is 1. The molecule has 0 N–H and O–H groups in total. The second-order valence-corrected chi connectivity index (χ2v) is 9.37. The van der Waals surface area contributed by atoms with Crippen LogP contribution in [0.2, 0.25) is 0 Å². The molecule has 196 valence electrons.